The van der Waals surface area contributed by atoms with E-state index in [1.165, 1.54) is 10.7 Å². The first-order valence-electron chi connectivity index (χ1n) is 8.69. The summed E-state index contributed by atoms with van der Waals surface area (Å²) in [4.78, 5) is 27.2. The molecule has 0 aliphatic carbocycles. The van der Waals surface area contributed by atoms with Crippen LogP contribution in [0.15, 0.2) is 59.4 Å². The van der Waals surface area contributed by atoms with Crippen molar-refractivity contribution in [3.63, 3.8) is 0 Å². The third kappa shape index (κ3) is 3.18. The van der Waals surface area contributed by atoms with Crippen molar-refractivity contribution in [1.29, 1.82) is 0 Å². The molecule has 1 amide bonds. The highest BCUT2D eigenvalue weighted by Gasteiger charge is 2.15. The summed E-state index contributed by atoms with van der Waals surface area (Å²) in [7, 11) is 0. The van der Waals surface area contributed by atoms with Gasteiger partial charge in [0.25, 0.3) is 11.5 Å². The SMILES string of the molecule is Cc1cc2ccc(NC(=O)c3cc(C)n(-c4ccccc4F)n3)cc2[nH]c1=O. The van der Waals surface area contributed by atoms with E-state index >= 15 is 0 Å². The average molecular weight is 376 g/mol. The minimum Gasteiger partial charge on any atom is -0.322 e. The van der Waals surface area contributed by atoms with Gasteiger partial charge in [-0.25, -0.2) is 9.07 Å². The lowest BCUT2D eigenvalue weighted by atomic mass is 10.1. The Morgan fingerprint density at radius 1 is 1.11 bits per heavy atom. The number of aromatic nitrogens is 3. The Morgan fingerprint density at radius 2 is 1.89 bits per heavy atom. The van der Waals surface area contributed by atoms with Gasteiger partial charge in [0, 0.05) is 16.9 Å². The number of aryl methyl sites for hydroxylation is 2. The van der Waals surface area contributed by atoms with Crippen molar-refractivity contribution < 1.29 is 9.18 Å². The van der Waals surface area contributed by atoms with Crippen LogP contribution in [0.4, 0.5) is 10.1 Å². The number of amides is 1. The number of H-pyrrole nitrogens is 1. The van der Waals surface area contributed by atoms with Crippen molar-refractivity contribution >= 4 is 22.5 Å². The fourth-order valence-corrected chi connectivity index (χ4v) is 3.04. The van der Waals surface area contributed by atoms with E-state index in [0.717, 1.165) is 5.39 Å². The second kappa shape index (κ2) is 6.77. The number of hydrogen-bond acceptors (Lipinski definition) is 3. The molecule has 0 unspecified atom stereocenters. The van der Waals surface area contributed by atoms with Gasteiger partial charge in [0.05, 0.1) is 5.52 Å². The van der Waals surface area contributed by atoms with Gasteiger partial charge in [0.15, 0.2) is 5.69 Å². The van der Waals surface area contributed by atoms with Gasteiger partial charge >= 0.3 is 0 Å². The molecule has 0 atom stereocenters. The van der Waals surface area contributed by atoms with Crippen LogP contribution in [0.1, 0.15) is 21.7 Å². The normalized spacial score (nSPS) is 11.0. The zero-order valence-corrected chi connectivity index (χ0v) is 15.3. The maximum Gasteiger partial charge on any atom is 0.276 e. The van der Waals surface area contributed by atoms with Crippen molar-refractivity contribution in [1.82, 2.24) is 14.8 Å². The Kier molecular flexibility index (Phi) is 4.27. The minimum atomic E-state index is -0.424. The van der Waals surface area contributed by atoms with Gasteiger partial charge in [-0.2, -0.15) is 5.10 Å². The number of carbonyl (C=O) groups is 1. The molecular formula is C21H17FN4O2. The van der Waals surface area contributed by atoms with Gasteiger partial charge in [-0.3, -0.25) is 9.59 Å². The highest BCUT2D eigenvalue weighted by Crippen LogP contribution is 2.19. The summed E-state index contributed by atoms with van der Waals surface area (Å²) in [5.74, 6) is -0.846. The summed E-state index contributed by atoms with van der Waals surface area (Å²) in [5, 5.41) is 7.86. The highest BCUT2D eigenvalue weighted by atomic mass is 19.1. The van der Waals surface area contributed by atoms with Gasteiger partial charge in [0.1, 0.15) is 11.5 Å². The predicted molar refractivity (Wildman–Crippen MR) is 106 cm³/mol. The first kappa shape index (κ1) is 17.7. The number of halogens is 1. The molecular weight excluding hydrogens is 359 g/mol. The number of nitrogens with one attached hydrogen (secondary N) is 2. The first-order valence-corrected chi connectivity index (χ1v) is 8.69. The largest absolute Gasteiger partial charge is 0.322 e. The van der Waals surface area contributed by atoms with Crippen LogP contribution in [-0.4, -0.2) is 20.7 Å². The molecule has 4 aromatic rings. The Hall–Kier alpha value is -3.74. The van der Waals surface area contributed by atoms with E-state index in [0.29, 0.717) is 22.5 Å². The molecule has 0 saturated heterocycles. The Balaban J connectivity index is 1.63. The maximum atomic E-state index is 14.0. The van der Waals surface area contributed by atoms with Gasteiger partial charge < -0.3 is 10.3 Å². The fourth-order valence-electron chi connectivity index (χ4n) is 3.04. The quantitative estimate of drug-likeness (QED) is 0.572. The zero-order chi connectivity index (χ0) is 19.8. The summed E-state index contributed by atoms with van der Waals surface area (Å²) in [6.45, 7) is 3.49. The van der Waals surface area contributed by atoms with Crippen molar-refractivity contribution in [3.8, 4) is 5.69 Å². The van der Waals surface area contributed by atoms with E-state index in [9.17, 15) is 14.0 Å². The summed E-state index contributed by atoms with van der Waals surface area (Å²) in [6, 6.07) is 14.9. The summed E-state index contributed by atoms with van der Waals surface area (Å²) in [6.07, 6.45) is 0. The number of hydrogen-bond donors (Lipinski definition) is 2. The van der Waals surface area contributed by atoms with Crippen LogP contribution in [0.2, 0.25) is 0 Å². The molecule has 6 nitrogen and oxygen atoms in total. The smallest absolute Gasteiger partial charge is 0.276 e. The summed E-state index contributed by atoms with van der Waals surface area (Å²) < 4.78 is 15.4. The standard InChI is InChI=1S/C21H17FN4O2/c1-12-9-14-7-8-15(11-17(14)24-20(12)27)23-21(28)18-10-13(2)26(25-18)19-6-4-3-5-16(19)22/h3-11H,1-2H3,(H,23,28)(H,24,27). The van der Waals surface area contributed by atoms with Gasteiger partial charge in [-0.05, 0) is 55.6 Å². The lowest BCUT2D eigenvalue weighted by Crippen LogP contribution is -2.14. The van der Waals surface area contributed by atoms with E-state index in [1.807, 2.05) is 6.07 Å². The number of para-hydroxylation sites is 1. The second-order valence-electron chi connectivity index (χ2n) is 6.57. The van der Waals surface area contributed by atoms with Crippen LogP contribution in [0.3, 0.4) is 0 Å². The molecule has 0 aliphatic heterocycles. The molecule has 0 aliphatic rings. The predicted octanol–water partition coefficient (Wildman–Crippen LogP) is 3.72. The topological polar surface area (TPSA) is 79.8 Å². The van der Waals surface area contributed by atoms with Gasteiger partial charge in [-0.15, -0.1) is 0 Å². The molecule has 0 radical (unpaired) electrons. The number of rotatable bonds is 3. The average Bonchev–Trinajstić information content (AvgIpc) is 3.05. The number of benzene rings is 2. The number of pyridine rings is 1. The minimum absolute atomic E-state index is 0.165. The molecule has 2 aromatic heterocycles. The molecule has 2 N–H and O–H groups in total. The lowest BCUT2D eigenvalue weighted by Gasteiger charge is -2.06. The molecule has 0 fully saturated rings. The van der Waals surface area contributed by atoms with Crippen molar-refractivity contribution in [2.75, 3.05) is 5.32 Å². The van der Waals surface area contributed by atoms with Crippen LogP contribution in [0.5, 0.6) is 0 Å². The molecule has 7 heteroatoms. The Bertz CT molecular complexity index is 1270. The summed E-state index contributed by atoms with van der Waals surface area (Å²) in [5.41, 5.74) is 2.68. The van der Waals surface area contributed by atoms with Crippen molar-refractivity contribution in [2.45, 2.75) is 13.8 Å². The van der Waals surface area contributed by atoms with Crippen molar-refractivity contribution in [3.05, 3.63) is 87.7 Å². The Labute approximate surface area is 159 Å². The molecule has 28 heavy (non-hydrogen) atoms. The molecule has 2 aromatic carbocycles. The van der Waals surface area contributed by atoms with Crippen LogP contribution in [0, 0.1) is 19.7 Å². The van der Waals surface area contributed by atoms with Crippen LogP contribution < -0.4 is 10.9 Å². The van der Waals surface area contributed by atoms with E-state index in [4.69, 9.17) is 0 Å². The lowest BCUT2D eigenvalue weighted by molar-refractivity contribution is 0.102. The van der Waals surface area contributed by atoms with Gasteiger partial charge in [0.2, 0.25) is 0 Å². The van der Waals surface area contributed by atoms with E-state index in [1.54, 1.807) is 56.3 Å². The molecule has 4 rings (SSSR count). The molecule has 0 spiro atoms. The third-order valence-electron chi connectivity index (χ3n) is 4.49. The highest BCUT2D eigenvalue weighted by molar-refractivity contribution is 6.03. The van der Waals surface area contributed by atoms with Gasteiger partial charge in [-0.1, -0.05) is 18.2 Å². The van der Waals surface area contributed by atoms with E-state index in [2.05, 4.69) is 15.4 Å². The molecule has 2 heterocycles. The van der Waals surface area contributed by atoms with Crippen molar-refractivity contribution in [2.24, 2.45) is 0 Å². The van der Waals surface area contributed by atoms with Crippen LogP contribution in [0.25, 0.3) is 16.6 Å². The molecule has 140 valence electrons. The Morgan fingerprint density at radius 3 is 2.68 bits per heavy atom. The fraction of sp³-hybridized carbons (Fsp3) is 0.0952. The number of anilines is 1. The molecule has 0 bridgehead atoms. The van der Waals surface area contributed by atoms with Crippen LogP contribution >= 0.6 is 0 Å². The maximum absolute atomic E-state index is 14.0. The first-order chi connectivity index (χ1) is 13.4. The third-order valence-corrected chi connectivity index (χ3v) is 4.49. The number of carbonyl (C=O) groups excluding carboxylic acids is 1. The van der Waals surface area contributed by atoms with E-state index in [-0.39, 0.29) is 16.9 Å². The number of nitrogens with zero attached hydrogens (tertiary/aromatic N) is 2. The number of fused-ring (bicyclic) bond motifs is 1. The van der Waals surface area contributed by atoms with E-state index < -0.39 is 11.7 Å². The monoisotopic (exact) mass is 376 g/mol. The second-order valence-corrected chi connectivity index (χ2v) is 6.57. The number of aromatic amines is 1. The molecule has 0 saturated carbocycles. The van der Waals surface area contributed by atoms with Crippen LogP contribution in [-0.2, 0) is 0 Å². The zero-order valence-electron chi connectivity index (χ0n) is 15.3. The summed E-state index contributed by atoms with van der Waals surface area (Å²) >= 11 is 0.